The monoisotopic (exact) mass is 297 g/mol. The van der Waals surface area contributed by atoms with E-state index in [0.29, 0.717) is 0 Å². The molecule has 20 heavy (non-hydrogen) atoms. The lowest BCUT2D eigenvalue weighted by Gasteiger charge is -2.16. The molecule has 2 N–H and O–H groups in total. The van der Waals surface area contributed by atoms with Crippen LogP contribution >= 0.6 is 0 Å². The van der Waals surface area contributed by atoms with Gasteiger partial charge in [0.1, 0.15) is 5.69 Å². The molecule has 0 saturated heterocycles. The summed E-state index contributed by atoms with van der Waals surface area (Å²) >= 11 is 0. The zero-order chi connectivity index (χ0) is 15.5. The molecule has 0 atom stereocenters. The highest BCUT2D eigenvalue weighted by atomic mass is 19.3. The van der Waals surface area contributed by atoms with Gasteiger partial charge in [-0.2, -0.15) is 13.8 Å². The molecule has 1 heterocycles. The molecule has 1 aromatic heterocycles. The number of aromatic nitrogens is 2. The number of rotatable bonds is 6. The minimum Gasteiger partial charge on any atom is -0.358 e. The van der Waals surface area contributed by atoms with Crippen LogP contribution in [0.5, 0.6) is 0 Å². The van der Waals surface area contributed by atoms with E-state index >= 15 is 0 Å². The molecule has 0 aliphatic rings. The van der Waals surface area contributed by atoms with Crippen molar-refractivity contribution in [2.45, 2.75) is 19.3 Å². The van der Waals surface area contributed by atoms with Crippen molar-refractivity contribution in [2.24, 2.45) is 0 Å². The maximum absolute atomic E-state index is 12.8. The van der Waals surface area contributed by atoms with E-state index in [9.17, 15) is 27.7 Å². The first-order valence-corrected chi connectivity index (χ1v) is 5.29. The first-order valence-electron chi connectivity index (χ1n) is 5.29. The maximum Gasteiger partial charge on any atom is 0.332 e. The lowest BCUT2D eigenvalue weighted by molar-refractivity contribution is -0.385. The predicted molar refractivity (Wildman–Crippen MR) is 62.4 cm³/mol. The van der Waals surface area contributed by atoms with Crippen molar-refractivity contribution >= 4 is 17.5 Å². The van der Waals surface area contributed by atoms with Crippen molar-refractivity contribution in [1.82, 2.24) is 9.97 Å². The summed E-state index contributed by atoms with van der Waals surface area (Å²) in [6.07, 6.45) is -3.89. The van der Waals surface area contributed by atoms with Crippen LogP contribution in [0.3, 0.4) is 0 Å². The Kier molecular flexibility index (Phi) is 4.63. The third kappa shape index (κ3) is 3.42. The summed E-state index contributed by atoms with van der Waals surface area (Å²) in [6, 6.07) is 0. The molecule has 1 aromatic rings. The van der Waals surface area contributed by atoms with Crippen molar-refractivity contribution in [3.63, 3.8) is 0 Å². The molecule has 112 valence electrons. The molecule has 0 unspecified atom stereocenters. The lowest BCUT2D eigenvalue weighted by atomic mass is 10.3. The van der Waals surface area contributed by atoms with Crippen molar-refractivity contribution in [3.8, 4) is 0 Å². The number of hydrogen-bond donors (Lipinski definition) is 2. The van der Waals surface area contributed by atoms with Crippen LogP contribution in [0.15, 0.2) is 0 Å². The van der Waals surface area contributed by atoms with Gasteiger partial charge >= 0.3 is 18.0 Å². The third-order valence-corrected chi connectivity index (χ3v) is 2.28. The van der Waals surface area contributed by atoms with Crippen molar-refractivity contribution < 1.29 is 22.5 Å². The standard InChI is InChI=1S/C9H11F4N5O2/c1-4-5(18(19)20)6(17-8(14-2)16-4)15-3-9(12,13)7(10)11/h7H,3H2,1-2H3,(H2,14,15,16,17). The van der Waals surface area contributed by atoms with Gasteiger partial charge in [-0.3, -0.25) is 10.1 Å². The van der Waals surface area contributed by atoms with Gasteiger partial charge in [0.15, 0.2) is 0 Å². The Balaban J connectivity index is 3.10. The highest BCUT2D eigenvalue weighted by Gasteiger charge is 2.41. The third-order valence-electron chi connectivity index (χ3n) is 2.28. The van der Waals surface area contributed by atoms with E-state index in [1.165, 1.54) is 14.0 Å². The minimum atomic E-state index is -4.33. The molecule has 0 aliphatic carbocycles. The molecule has 0 aliphatic heterocycles. The van der Waals surface area contributed by atoms with Gasteiger partial charge in [0.2, 0.25) is 11.8 Å². The SMILES string of the molecule is CNc1nc(C)c([N+](=O)[O-])c(NCC(F)(F)C(F)F)n1. The summed E-state index contributed by atoms with van der Waals surface area (Å²) in [5.41, 5.74) is -0.730. The quantitative estimate of drug-likeness (QED) is 0.474. The van der Waals surface area contributed by atoms with E-state index in [-0.39, 0.29) is 11.6 Å². The number of hydrogen-bond acceptors (Lipinski definition) is 6. The van der Waals surface area contributed by atoms with Crippen LogP contribution in [-0.2, 0) is 0 Å². The van der Waals surface area contributed by atoms with Crippen molar-refractivity contribution in [3.05, 3.63) is 15.8 Å². The highest BCUT2D eigenvalue weighted by Crippen LogP contribution is 2.29. The molecule has 1 rings (SSSR count). The summed E-state index contributed by atoms with van der Waals surface area (Å²) in [7, 11) is 1.41. The van der Waals surface area contributed by atoms with E-state index in [1.54, 1.807) is 0 Å². The Morgan fingerprint density at radius 1 is 1.40 bits per heavy atom. The van der Waals surface area contributed by atoms with Crippen LogP contribution in [0.4, 0.5) is 35.0 Å². The number of aryl methyl sites for hydroxylation is 1. The summed E-state index contributed by atoms with van der Waals surface area (Å²) in [5.74, 6) is -4.94. The molecule has 0 aromatic carbocycles. The van der Waals surface area contributed by atoms with Crippen LogP contribution in [-0.4, -0.2) is 40.8 Å². The molecule has 11 heteroatoms. The van der Waals surface area contributed by atoms with Gasteiger partial charge in [-0.25, -0.2) is 13.8 Å². The van der Waals surface area contributed by atoms with Gasteiger partial charge in [-0.1, -0.05) is 0 Å². The fourth-order valence-corrected chi connectivity index (χ4v) is 1.30. The molecule has 0 fully saturated rings. The molecule has 7 nitrogen and oxygen atoms in total. The van der Waals surface area contributed by atoms with Gasteiger partial charge in [-0.15, -0.1) is 0 Å². The molecule has 0 spiro atoms. The second-order valence-electron chi connectivity index (χ2n) is 3.75. The Morgan fingerprint density at radius 3 is 2.45 bits per heavy atom. The van der Waals surface area contributed by atoms with Gasteiger partial charge in [0.25, 0.3) is 0 Å². The molecule has 0 amide bonds. The van der Waals surface area contributed by atoms with E-state index in [1.807, 2.05) is 5.32 Å². The van der Waals surface area contributed by atoms with E-state index in [2.05, 4.69) is 15.3 Å². The zero-order valence-electron chi connectivity index (χ0n) is 10.5. The number of halogens is 4. The van der Waals surface area contributed by atoms with Gasteiger partial charge < -0.3 is 10.6 Å². The van der Waals surface area contributed by atoms with E-state index in [0.717, 1.165) is 0 Å². The van der Waals surface area contributed by atoms with Crippen LogP contribution in [0.2, 0.25) is 0 Å². The Bertz CT molecular complexity index is 511. The fourth-order valence-electron chi connectivity index (χ4n) is 1.30. The lowest BCUT2D eigenvalue weighted by Crippen LogP contribution is -2.35. The predicted octanol–water partition coefficient (Wildman–Crippen LogP) is 2.05. The van der Waals surface area contributed by atoms with Gasteiger partial charge in [0, 0.05) is 7.05 Å². The molecule has 0 bridgehead atoms. The largest absolute Gasteiger partial charge is 0.358 e. The zero-order valence-corrected chi connectivity index (χ0v) is 10.5. The first-order chi connectivity index (χ1) is 9.19. The Labute approximate surface area is 110 Å². The number of nitrogens with one attached hydrogen (secondary N) is 2. The minimum absolute atomic E-state index is 0.0593. The van der Waals surface area contributed by atoms with Crippen LogP contribution in [0, 0.1) is 17.0 Å². The van der Waals surface area contributed by atoms with E-state index in [4.69, 9.17) is 0 Å². The van der Waals surface area contributed by atoms with E-state index < -0.39 is 35.3 Å². The van der Waals surface area contributed by atoms with Gasteiger partial charge in [0.05, 0.1) is 11.5 Å². The van der Waals surface area contributed by atoms with Crippen LogP contribution < -0.4 is 10.6 Å². The number of alkyl halides is 4. The second kappa shape index (κ2) is 5.84. The summed E-state index contributed by atoms with van der Waals surface area (Å²) < 4.78 is 49.7. The van der Waals surface area contributed by atoms with Gasteiger partial charge in [-0.05, 0) is 6.92 Å². The van der Waals surface area contributed by atoms with Crippen molar-refractivity contribution in [2.75, 3.05) is 24.2 Å². The first kappa shape index (κ1) is 15.9. The molecule has 0 saturated carbocycles. The molecular weight excluding hydrogens is 286 g/mol. The fraction of sp³-hybridized carbons (Fsp3) is 0.556. The number of nitrogens with zero attached hydrogens (tertiary/aromatic N) is 3. The number of nitro groups is 1. The average molecular weight is 297 g/mol. The Hall–Kier alpha value is -2.20. The summed E-state index contributed by atoms with van der Waals surface area (Å²) in [4.78, 5) is 17.2. The van der Waals surface area contributed by atoms with Crippen molar-refractivity contribution in [1.29, 1.82) is 0 Å². The second-order valence-corrected chi connectivity index (χ2v) is 3.75. The number of anilines is 2. The normalized spacial score (nSPS) is 11.6. The smallest absolute Gasteiger partial charge is 0.332 e. The summed E-state index contributed by atoms with van der Waals surface area (Å²) in [6.45, 7) is -0.206. The topological polar surface area (TPSA) is 93.0 Å². The average Bonchev–Trinajstić information content (AvgIpc) is 2.34. The highest BCUT2D eigenvalue weighted by molar-refractivity contribution is 5.60. The van der Waals surface area contributed by atoms with Crippen LogP contribution in [0.25, 0.3) is 0 Å². The summed E-state index contributed by atoms with van der Waals surface area (Å²) in [5, 5.41) is 15.2. The maximum atomic E-state index is 12.8. The Morgan fingerprint density at radius 2 is 2.00 bits per heavy atom. The molecular formula is C9H11F4N5O2. The molecule has 0 radical (unpaired) electrons. The van der Waals surface area contributed by atoms with Crippen LogP contribution in [0.1, 0.15) is 5.69 Å².